The number of aliphatic hydroxyl groups is 1. The molecule has 216 valence electrons. The Balaban J connectivity index is 1.47. The lowest BCUT2D eigenvalue weighted by molar-refractivity contribution is -0.138. The van der Waals surface area contributed by atoms with E-state index in [1.807, 2.05) is 33.9 Å². The van der Waals surface area contributed by atoms with Gasteiger partial charge in [0.05, 0.1) is 26.5 Å². The molecule has 1 aliphatic heterocycles. The van der Waals surface area contributed by atoms with Crippen molar-refractivity contribution in [2.75, 3.05) is 60.2 Å². The van der Waals surface area contributed by atoms with Gasteiger partial charge in [0.1, 0.15) is 31.2 Å². The number of methoxy groups -OCH3 is 2. The lowest BCUT2D eigenvalue weighted by atomic mass is 10.0. The Labute approximate surface area is 231 Å². The summed E-state index contributed by atoms with van der Waals surface area (Å²) >= 11 is 0. The maximum absolute atomic E-state index is 13.7. The molecule has 1 saturated heterocycles. The number of rotatable bonds is 12. The lowest BCUT2D eigenvalue weighted by Crippen LogP contribution is -2.52. The maximum atomic E-state index is 13.7. The largest absolute Gasteiger partial charge is 0.493 e. The molecule has 1 aliphatic rings. The van der Waals surface area contributed by atoms with E-state index in [0.29, 0.717) is 44.3 Å². The SMILES string of the molecule is COCC(=O)N1CCN(Cc2ccc(OC)c(OCCn3ccnc3)c2)C[C@@](O)(COc2ccc(F)c(F)c2)C1. The van der Waals surface area contributed by atoms with Crippen LogP contribution in [0.5, 0.6) is 17.2 Å². The van der Waals surface area contributed by atoms with Crippen LogP contribution in [0.4, 0.5) is 8.78 Å². The monoisotopic (exact) mass is 560 g/mol. The van der Waals surface area contributed by atoms with Gasteiger partial charge in [-0.2, -0.15) is 0 Å². The van der Waals surface area contributed by atoms with E-state index in [2.05, 4.69) is 4.98 Å². The van der Waals surface area contributed by atoms with E-state index in [0.717, 1.165) is 17.7 Å². The minimum Gasteiger partial charge on any atom is -0.493 e. The summed E-state index contributed by atoms with van der Waals surface area (Å²) in [4.78, 5) is 20.2. The number of ether oxygens (including phenoxy) is 4. The van der Waals surface area contributed by atoms with Crippen LogP contribution in [0.3, 0.4) is 0 Å². The van der Waals surface area contributed by atoms with Crippen molar-refractivity contribution < 1.29 is 37.6 Å². The maximum Gasteiger partial charge on any atom is 0.248 e. The third kappa shape index (κ3) is 7.90. The van der Waals surface area contributed by atoms with Crippen molar-refractivity contribution in [3.05, 3.63) is 72.3 Å². The van der Waals surface area contributed by atoms with Crippen molar-refractivity contribution >= 4 is 5.91 Å². The highest BCUT2D eigenvalue weighted by Gasteiger charge is 2.37. The average Bonchev–Trinajstić information content (AvgIpc) is 3.39. The van der Waals surface area contributed by atoms with Crippen molar-refractivity contribution in [1.29, 1.82) is 0 Å². The van der Waals surface area contributed by atoms with Crippen LogP contribution in [0, 0.1) is 11.6 Å². The van der Waals surface area contributed by atoms with Gasteiger partial charge in [0.15, 0.2) is 23.1 Å². The van der Waals surface area contributed by atoms with Gasteiger partial charge in [-0.3, -0.25) is 9.69 Å². The summed E-state index contributed by atoms with van der Waals surface area (Å²) in [6.07, 6.45) is 5.28. The molecule has 1 amide bonds. The fourth-order valence-corrected chi connectivity index (χ4v) is 4.55. The number of aromatic nitrogens is 2. The van der Waals surface area contributed by atoms with Gasteiger partial charge >= 0.3 is 0 Å². The molecule has 40 heavy (non-hydrogen) atoms. The highest BCUT2D eigenvalue weighted by atomic mass is 19.2. The second kappa shape index (κ2) is 13.6. The average molecular weight is 561 g/mol. The lowest BCUT2D eigenvalue weighted by Gasteiger charge is -2.33. The van der Waals surface area contributed by atoms with E-state index < -0.39 is 17.2 Å². The van der Waals surface area contributed by atoms with Crippen LogP contribution < -0.4 is 14.2 Å². The summed E-state index contributed by atoms with van der Waals surface area (Å²) in [5, 5.41) is 11.6. The van der Waals surface area contributed by atoms with E-state index >= 15 is 0 Å². The van der Waals surface area contributed by atoms with E-state index in [1.165, 1.54) is 18.1 Å². The predicted molar refractivity (Wildman–Crippen MR) is 141 cm³/mol. The summed E-state index contributed by atoms with van der Waals surface area (Å²) in [5.74, 6) is -1.06. The molecular formula is C28H34F2N4O6. The van der Waals surface area contributed by atoms with Gasteiger partial charge in [0.2, 0.25) is 5.91 Å². The summed E-state index contributed by atoms with van der Waals surface area (Å²) in [6.45, 7) is 2.10. The third-order valence-electron chi connectivity index (χ3n) is 6.51. The van der Waals surface area contributed by atoms with Gasteiger partial charge in [0.25, 0.3) is 0 Å². The molecule has 3 aromatic rings. The van der Waals surface area contributed by atoms with Gasteiger partial charge in [0, 0.05) is 51.7 Å². The smallest absolute Gasteiger partial charge is 0.248 e. The molecule has 0 radical (unpaired) electrons. The van der Waals surface area contributed by atoms with Crippen molar-refractivity contribution in [2.24, 2.45) is 0 Å². The van der Waals surface area contributed by atoms with Gasteiger partial charge in [-0.25, -0.2) is 13.8 Å². The van der Waals surface area contributed by atoms with Crippen LogP contribution >= 0.6 is 0 Å². The Morgan fingerprint density at radius 3 is 2.62 bits per heavy atom. The molecule has 2 aromatic carbocycles. The standard InChI is InChI=1S/C28H34F2N4O6/c1-37-16-27(35)34-10-9-33(17-28(36,18-34)19-40-22-4-5-23(29)24(30)14-22)15-21-3-6-25(38-2)26(13-21)39-12-11-32-8-7-31-20-32/h3-8,13-14,20,36H,9-12,15-19H2,1-2H3/t28-/m0/s1. The minimum atomic E-state index is -1.50. The number of nitrogens with zero attached hydrogens (tertiary/aromatic N) is 4. The fourth-order valence-electron chi connectivity index (χ4n) is 4.55. The molecule has 4 rings (SSSR count). The van der Waals surface area contributed by atoms with Crippen molar-refractivity contribution in [1.82, 2.24) is 19.4 Å². The Morgan fingerprint density at radius 2 is 1.90 bits per heavy atom. The van der Waals surface area contributed by atoms with Gasteiger partial charge < -0.3 is 33.5 Å². The van der Waals surface area contributed by atoms with E-state index in [4.69, 9.17) is 18.9 Å². The van der Waals surface area contributed by atoms with Crippen LogP contribution in [0.15, 0.2) is 55.1 Å². The molecule has 1 atom stereocenters. The van der Waals surface area contributed by atoms with Crippen LogP contribution in [0.1, 0.15) is 5.56 Å². The van der Waals surface area contributed by atoms with Crippen molar-refractivity contribution in [2.45, 2.75) is 18.7 Å². The molecule has 1 fully saturated rings. The van der Waals surface area contributed by atoms with Gasteiger partial charge in [-0.1, -0.05) is 6.07 Å². The Bertz CT molecular complexity index is 1260. The first-order valence-electron chi connectivity index (χ1n) is 12.8. The minimum absolute atomic E-state index is 0.0133. The number of hydrogen-bond donors (Lipinski definition) is 1. The molecular weight excluding hydrogens is 526 g/mol. The predicted octanol–water partition coefficient (Wildman–Crippen LogP) is 2.35. The Kier molecular flexibility index (Phi) is 9.91. The molecule has 0 unspecified atom stereocenters. The highest BCUT2D eigenvalue weighted by molar-refractivity contribution is 5.77. The molecule has 1 N–H and O–H groups in total. The normalized spacial score (nSPS) is 17.9. The second-order valence-electron chi connectivity index (χ2n) is 9.68. The quantitative estimate of drug-likeness (QED) is 0.361. The zero-order chi connectivity index (χ0) is 28.5. The number of halogens is 2. The first kappa shape index (κ1) is 29.2. The molecule has 0 aliphatic carbocycles. The number of carbonyl (C=O) groups excluding carboxylic acids is 1. The van der Waals surface area contributed by atoms with Crippen molar-refractivity contribution in [3.63, 3.8) is 0 Å². The third-order valence-corrected chi connectivity index (χ3v) is 6.51. The summed E-state index contributed by atoms with van der Waals surface area (Å²) in [6, 6.07) is 8.80. The Hall–Kier alpha value is -3.74. The van der Waals surface area contributed by atoms with Gasteiger partial charge in [-0.15, -0.1) is 0 Å². The van der Waals surface area contributed by atoms with E-state index in [9.17, 15) is 18.7 Å². The molecule has 2 heterocycles. The summed E-state index contributed by atoms with van der Waals surface area (Å²) in [5.41, 5.74) is -0.583. The molecule has 10 nitrogen and oxygen atoms in total. The number of benzene rings is 2. The highest BCUT2D eigenvalue weighted by Crippen LogP contribution is 2.29. The van der Waals surface area contributed by atoms with Crippen LogP contribution in [0.2, 0.25) is 0 Å². The molecule has 1 aromatic heterocycles. The molecule has 0 bridgehead atoms. The number of amides is 1. The number of imidazole rings is 1. The van der Waals surface area contributed by atoms with Gasteiger partial charge in [-0.05, 0) is 29.8 Å². The first-order chi connectivity index (χ1) is 19.3. The van der Waals surface area contributed by atoms with Crippen LogP contribution in [-0.2, 0) is 22.6 Å². The van der Waals surface area contributed by atoms with E-state index in [-0.39, 0.29) is 38.0 Å². The van der Waals surface area contributed by atoms with Crippen LogP contribution in [0.25, 0.3) is 0 Å². The first-order valence-corrected chi connectivity index (χ1v) is 12.8. The number of hydrogen-bond acceptors (Lipinski definition) is 8. The molecule has 12 heteroatoms. The summed E-state index contributed by atoms with van der Waals surface area (Å²) in [7, 11) is 3.00. The van der Waals surface area contributed by atoms with E-state index in [1.54, 1.807) is 19.6 Å². The van der Waals surface area contributed by atoms with Crippen LogP contribution in [-0.4, -0.2) is 96.2 Å². The fraction of sp³-hybridized carbons (Fsp3) is 0.429. The Morgan fingerprint density at radius 1 is 1.05 bits per heavy atom. The molecule has 0 saturated carbocycles. The second-order valence-corrected chi connectivity index (χ2v) is 9.68. The topological polar surface area (TPSA) is 98.5 Å². The zero-order valence-electron chi connectivity index (χ0n) is 22.6. The number of carbonyl (C=O) groups is 1. The zero-order valence-corrected chi connectivity index (χ0v) is 22.6. The molecule has 0 spiro atoms. The summed E-state index contributed by atoms with van der Waals surface area (Å²) < 4.78 is 51.1. The number of β-amino-alcohol motifs (C(OH)–C–C–N with tert-alkyl or cyclic N) is 1. The van der Waals surface area contributed by atoms with Crippen molar-refractivity contribution in [3.8, 4) is 17.2 Å².